The fraction of sp³-hybridized carbons (Fsp3) is 0.0400. The molecule has 5 nitrogen and oxygen atoms in total. The zero-order valence-electron chi connectivity index (χ0n) is 16.1. The molecule has 0 saturated carbocycles. The number of aryl methyl sites for hydroxylation is 1. The molecular weight excluding hydrogens is 378 g/mol. The molecule has 0 unspecified atom stereocenters. The summed E-state index contributed by atoms with van der Waals surface area (Å²) in [6, 6.07) is 21.2. The van der Waals surface area contributed by atoms with Crippen LogP contribution in [0.4, 0.5) is 5.69 Å². The summed E-state index contributed by atoms with van der Waals surface area (Å²) >= 11 is 0. The number of hydrogen-bond donors (Lipinski definition) is 1. The maximum atomic E-state index is 13.3. The van der Waals surface area contributed by atoms with Gasteiger partial charge in [0.2, 0.25) is 5.78 Å². The highest BCUT2D eigenvalue weighted by Gasteiger charge is 2.26. The van der Waals surface area contributed by atoms with Gasteiger partial charge in [0, 0.05) is 28.3 Å². The number of nitrogens with two attached hydrogens (primary N) is 1. The van der Waals surface area contributed by atoms with Crippen LogP contribution in [0.5, 0.6) is 0 Å². The molecule has 2 N–H and O–H groups in total. The Morgan fingerprint density at radius 1 is 0.900 bits per heavy atom. The molecule has 2 aromatic heterocycles. The molecule has 0 atom stereocenters. The second-order valence-electron chi connectivity index (χ2n) is 7.19. The Morgan fingerprint density at radius 3 is 2.47 bits per heavy atom. The number of carbonyl (C=O) groups excluding carboxylic acids is 1. The Hall–Kier alpha value is -4.12. The molecule has 0 aliphatic rings. The first-order chi connectivity index (χ1) is 14.5. The number of hydrogen-bond acceptors (Lipinski definition) is 5. The Labute approximate surface area is 171 Å². The van der Waals surface area contributed by atoms with Crippen LogP contribution in [0, 0.1) is 6.92 Å². The topological polar surface area (TPSA) is 86.4 Å². The van der Waals surface area contributed by atoms with Gasteiger partial charge in [-0.1, -0.05) is 42.5 Å². The second-order valence-corrected chi connectivity index (χ2v) is 7.19. The lowest BCUT2D eigenvalue weighted by atomic mass is 9.96. The predicted octanol–water partition coefficient (Wildman–Crippen LogP) is 5.33. The van der Waals surface area contributed by atoms with Crippen LogP contribution in [0.15, 0.2) is 86.4 Å². The van der Waals surface area contributed by atoms with Crippen LogP contribution in [0.1, 0.15) is 21.7 Å². The first-order valence-electron chi connectivity index (χ1n) is 9.48. The van der Waals surface area contributed by atoms with Gasteiger partial charge in [-0.3, -0.25) is 4.79 Å². The third kappa shape index (κ3) is 2.79. The molecule has 146 valence electrons. The second kappa shape index (κ2) is 6.74. The average molecular weight is 395 g/mol. The van der Waals surface area contributed by atoms with E-state index in [-0.39, 0.29) is 11.5 Å². The van der Waals surface area contributed by atoms with E-state index in [1.54, 1.807) is 42.5 Å². The van der Waals surface area contributed by atoms with Gasteiger partial charge >= 0.3 is 5.63 Å². The number of ketones is 1. The van der Waals surface area contributed by atoms with Gasteiger partial charge in [-0.05, 0) is 42.3 Å². The molecule has 0 bridgehead atoms. The molecule has 30 heavy (non-hydrogen) atoms. The van der Waals surface area contributed by atoms with Crippen LogP contribution < -0.4 is 11.4 Å². The van der Waals surface area contributed by atoms with E-state index in [2.05, 4.69) is 0 Å². The molecular formula is C25H17NO4. The highest BCUT2D eigenvalue weighted by Crippen LogP contribution is 2.40. The van der Waals surface area contributed by atoms with E-state index in [0.717, 1.165) is 10.9 Å². The number of furan rings is 1. The van der Waals surface area contributed by atoms with Crippen LogP contribution in [0.2, 0.25) is 0 Å². The van der Waals surface area contributed by atoms with E-state index in [0.29, 0.717) is 38.9 Å². The molecule has 0 aliphatic heterocycles. The zero-order valence-corrected chi connectivity index (χ0v) is 16.1. The van der Waals surface area contributed by atoms with E-state index < -0.39 is 5.63 Å². The Kier molecular flexibility index (Phi) is 4.03. The van der Waals surface area contributed by atoms with Crippen molar-refractivity contribution in [1.29, 1.82) is 0 Å². The van der Waals surface area contributed by atoms with Gasteiger partial charge in [0.15, 0.2) is 5.76 Å². The average Bonchev–Trinajstić information content (AvgIpc) is 3.14. The molecule has 2 heterocycles. The summed E-state index contributed by atoms with van der Waals surface area (Å²) in [5.41, 5.74) is 9.54. The van der Waals surface area contributed by atoms with Gasteiger partial charge in [-0.25, -0.2) is 4.79 Å². The predicted molar refractivity (Wildman–Crippen MR) is 117 cm³/mol. The third-order valence-electron chi connectivity index (χ3n) is 5.19. The molecule has 5 aromatic rings. The van der Waals surface area contributed by atoms with Crippen molar-refractivity contribution in [3.63, 3.8) is 0 Å². The number of fused-ring (bicyclic) bond motifs is 3. The number of anilines is 1. The lowest BCUT2D eigenvalue weighted by Gasteiger charge is -2.06. The van der Waals surface area contributed by atoms with Crippen LogP contribution in [-0.4, -0.2) is 5.78 Å². The van der Waals surface area contributed by atoms with E-state index in [1.807, 2.05) is 31.2 Å². The van der Waals surface area contributed by atoms with Crippen molar-refractivity contribution in [3.8, 4) is 11.1 Å². The number of benzene rings is 3. The van der Waals surface area contributed by atoms with Crippen LogP contribution in [0.25, 0.3) is 33.1 Å². The fourth-order valence-corrected chi connectivity index (χ4v) is 3.81. The van der Waals surface area contributed by atoms with Crippen LogP contribution in [-0.2, 0) is 0 Å². The van der Waals surface area contributed by atoms with Crippen molar-refractivity contribution in [3.05, 3.63) is 100 Å². The molecule has 5 heteroatoms. The normalized spacial score (nSPS) is 11.2. The van der Waals surface area contributed by atoms with E-state index >= 15 is 0 Å². The van der Waals surface area contributed by atoms with Crippen molar-refractivity contribution in [2.24, 2.45) is 0 Å². The smallest absolute Gasteiger partial charge is 0.336 e. The summed E-state index contributed by atoms with van der Waals surface area (Å²) in [5, 5.41) is 1.37. The number of carbonyl (C=O) groups is 1. The van der Waals surface area contributed by atoms with Crippen molar-refractivity contribution >= 4 is 33.4 Å². The summed E-state index contributed by atoms with van der Waals surface area (Å²) in [6.45, 7) is 1.85. The van der Waals surface area contributed by atoms with Crippen LogP contribution in [0.3, 0.4) is 0 Å². The largest absolute Gasteiger partial charge is 0.452 e. The molecule has 0 radical (unpaired) electrons. The van der Waals surface area contributed by atoms with E-state index in [9.17, 15) is 9.59 Å². The minimum absolute atomic E-state index is 0.179. The third-order valence-corrected chi connectivity index (χ3v) is 5.19. The number of rotatable bonds is 3. The summed E-state index contributed by atoms with van der Waals surface area (Å²) in [4.78, 5) is 25.5. The minimum atomic E-state index is -0.455. The maximum Gasteiger partial charge on any atom is 0.336 e. The van der Waals surface area contributed by atoms with Crippen molar-refractivity contribution in [2.75, 3.05) is 5.73 Å². The summed E-state index contributed by atoms with van der Waals surface area (Å²) in [6.07, 6.45) is 0. The standard InChI is InChI=1S/C25H17NO4/c1-14-12-20(27)30-24-18(14)10-11-19-22(24)21(16-8-5-9-17(26)13-16)25(29-19)23(28)15-6-3-2-4-7-15/h2-13H,26H2,1H3. The van der Waals surface area contributed by atoms with Crippen molar-refractivity contribution in [2.45, 2.75) is 6.92 Å². The van der Waals surface area contributed by atoms with E-state index in [1.165, 1.54) is 6.07 Å². The SMILES string of the molecule is Cc1cc(=O)oc2c1ccc1oc(C(=O)c3ccccc3)c(-c3cccc(N)c3)c12. The van der Waals surface area contributed by atoms with Gasteiger partial charge < -0.3 is 14.6 Å². The molecule has 3 aromatic carbocycles. The van der Waals surface area contributed by atoms with Crippen LogP contribution >= 0.6 is 0 Å². The van der Waals surface area contributed by atoms with Gasteiger partial charge in [-0.2, -0.15) is 0 Å². The van der Waals surface area contributed by atoms with Crippen molar-refractivity contribution < 1.29 is 13.6 Å². The summed E-state index contributed by atoms with van der Waals surface area (Å²) in [7, 11) is 0. The Bertz CT molecular complexity index is 1490. The lowest BCUT2D eigenvalue weighted by Crippen LogP contribution is -2.01. The van der Waals surface area contributed by atoms with Gasteiger partial charge in [0.05, 0.1) is 5.39 Å². The van der Waals surface area contributed by atoms with Gasteiger partial charge in [0.1, 0.15) is 11.2 Å². The minimum Gasteiger partial charge on any atom is -0.452 e. The quantitative estimate of drug-likeness (QED) is 0.254. The Balaban J connectivity index is 1.93. The van der Waals surface area contributed by atoms with Gasteiger partial charge in [0.25, 0.3) is 0 Å². The number of nitrogen functional groups attached to an aromatic ring is 1. The lowest BCUT2D eigenvalue weighted by molar-refractivity contribution is 0.101. The fourth-order valence-electron chi connectivity index (χ4n) is 3.81. The molecule has 0 amide bonds. The molecule has 0 saturated heterocycles. The van der Waals surface area contributed by atoms with E-state index in [4.69, 9.17) is 14.6 Å². The van der Waals surface area contributed by atoms with Gasteiger partial charge in [-0.15, -0.1) is 0 Å². The molecule has 5 rings (SSSR count). The summed E-state index contributed by atoms with van der Waals surface area (Å²) in [5.74, 6) is -0.0779. The Morgan fingerprint density at radius 2 is 1.70 bits per heavy atom. The first kappa shape index (κ1) is 17.9. The highest BCUT2D eigenvalue weighted by atomic mass is 16.4. The molecule has 0 spiro atoms. The monoisotopic (exact) mass is 395 g/mol. The first-order valence-corrected chi connectivity index (χ1v) is 9.48. The summed E-state index contributed by atoms with van der Waals surface area (Å²) < 4.78 is 11.6. The maximum absolute atomic E-state index is 13.3. The zero-order chi connectivity index (χ0) is 20.8. The highest BCUT2D eigenvalue weighted by molar-refractivity contribution is 6.20. The van der Waals surface area contributed by atoms with Crippen molar-refractivity contribution in [1.82, 2.24) is 0 Å². The molecule has 0 fully saturated rings. The molecule has 0 aliphatic carbocycles.